The van der Waals surface area contributed by atoms with Crippen molar-refractivity contribution in [2.75, 3.05) is 19.6 Å². The maximum atomic E-state index is 12.6. The molecule has 2 aromatic rings. The van der Waals surface area contributed by atoms with Crippen molar-refractivity contribution in [1.29, 1.82) is 0 Å². The Kier molecular flexibility index (Phi) is 4.37. The number of hydrogen-bond acceptors (Lipinski definition) is 3. The molecule has 2 aliphatic rings. The molecule has 6 nitrogen and oxygen atoms in total. The molecule has 0 radical (unpaired) electrons. The number of aromatic nitrogens is 3. The molecule has 0 aromatic carbocycles. The molecule has 1 atom stereocenters. The Labute approximate surface area is 152 Å². The summed E-state index contributed by atoms with van der Waals surface area (Å²) < 4.78 is 1.86. The minimum absolute atomic E-state index is 0.00274. The molecule has 2 amide bonds. The average molecular weight is 360 g/mol. The smallest absolute Gasteiger partial charge is 0.317 e. The van der Waals surface area contributed by atoms with Crippen LogP contribution in [-0.4, -0.2) is 45.3 Å². The highest BCUT2D eigenvalue weighted by molar-refractivity contribution is 6.30. The molecule has 1 N–H and O–H groups in total. The molecule has 3 heterocycles. The third-order valence-corrected chi connectivity index (χ3v) is 5.69. The standard InChI is InChI=1S/C18H22ClN5O/c19-14-10-22-24(11-14)15-5-9-23(12-15)17(25)21-13-18(6-3-7-18)16-4-1-2-8-20-16/h1-2,4,8,10-11,15H,3,5-7,9,12-13H2,(H,21,25). The van der Waals surface area contributed by atoms with E-state index in [1.165, 1.54) is 6.42 Å². The lowest BCUT2D eigenvalue weighted by Crippen LogP contribution is -2.49. The molecule has 1 aliphatic carbocycles. The maximum Gasteiger partial charge on any atom is 0.317 e. The average Bonchev–Trinajstić information content (AvgIpc) is 3.23. The molecule has 1 aliphatic heterocycles. The van der Waals surface area contributed by atoms with Crippen molar-refractivity contribution in [2.45, 2.75) is 37.1 Å². The SMILES string of the molecule is O=C(NCC1(c2ccccn2)CCC1)N1CCC(n2cc(Cl)cn2)C1. The lowest BCUT2D eigenvalue weighted by atomic mass is 9.66. The van der Waals surface area contributed by atoms with Crippen molar-refractivity contribution in [3.05, 3.63) is 47.5 Å². The fraction of sp³-hybridized carbons (Fsp3) is 0.500. The summed E-state index contributed by atoms with van der Waals surface area (Å²) in [5.74, 6) is 0. The van der Waals surface area contributed by atoms with E-state index in [0.29, 0.717) is 18.1 Å². The van der Waals surface area contributed by atoms with Gasteiger partial charge < -0.3 is 10.2 Å². The van der Waals surface area contributed by atoms with Gasteiger partial charge in [0.15, 0.2) is 0 Å². The topological polar surface area (TPSA) is 63.1 Å². The summed E-state index contributed by atoms with van der Waals surface area (Å²) in [6.45, 7) is 2.06. The van der Waals surface area contributed by atoms with Crippen molar-refractivity contribution in [2.24, 2.45) is 0 Å². The number of carbonyl (C=O) groups excluding carboxylic acids is 1. The fourth-order valence-electron chi connectivity index (χ4n) is 3.82. The van der Waals surface area contributed by atoms with Crippen LogP contribution in [0.25, 0.3) is 0 Å². The summed E-state index contributed by atoms with van der Waals surface area (Å²) >= 11 is 5.94. The van der Waals surface area contributed by atoms with E-state index in [4.69, 9.17) is 11.6 Å². The highest BCUT2D eigenvalue weighted by Crippen LogP contribution is 2.42. The Morgan fingerprint density at radius 1 is 1.40 bits per heavy atom. The van der Waals surface area contributed by atoms with Crippen LogP contribution in [0.3, 0.4) is 0 Å². The van der Waals surface area contributed by atoms with Gasteiger partial charge >= 0.3 is 6.03 Å². The summed E-state index contributed by atoms with van der Waals surface area (Å²) in [6, 6.07) is 6.22. The van der Waals surface area contributed by atoms with Crippen LogP contribution in [0.4, 0.5) is 4.79 Å². The molecule has 25 heavy (non-hydrogen) atoms. The molecule has 0 bridgehead atoms. The monoisotopic (exact) mass is 359 g/mol. The zero-order valence-corrected chi connectivity index (χ0v) is 14.8. The van der Waals surface area contributed by atoms with Gasteiger partial charge in [-0.15, -0.1) is 0 Å². The Hall–Kier alpha value is -2.08. The van der Waals surface area contributed by atoms with E-state index in [-0.39, 0.29) is 17.5 Å². The van der Waals surface area contributed by atoms with Gasteiger partial charge in [0.05, 0.1) is 17.3 Å². The summed E-state index contributed by atoms with van der Waals surface area (Å²) in [4.78, 5) is 19.0. The Morgan fingerprint density at radius 2 is 2.28 bits per heavy atom. The van der Waals surface area contributed by atoms with Gasteiger partial charge in [-0.2, -0.15) is 5.10 Å². The molecule has 4 rings (SSSR count). The van der Waals surface area contributed by atoms with Gasteiger partial charge in [-0.1, -0.05) is 24.1 Å². The molecule has 1 saturated carbocycles. The predicted octanol–water partition coefficient (Wildman–Crippen LogP) is 3.01. The van der Waals surface area contributed by atoms with Crippen molar-refractivity contribution in [1.82, 2.24) is 25.0 Å². The number of hydrogen-bond donors (Lipinski definition) is 1. The van der Waals surface area contributed by atoms with Gasteiger partial charge in [-0.3, -0.25) is 9.67 Å². The minimum atomic E-state index is 0.00274. The summed E-state index contributed by atoms with van der Waals surface area (Å²) in [6.07, 6.45) is 9.54. The van der Waals surface area contributed by atoms with Crippen LogP contribution in [0, 0.1) is 0 Å². The number of amides is 2. The first-order valence-electron chi connectivity index (χ1n) is 8.80. The van der Waals surface area contributed by atoms with E-state index in [2.05, 4.69) is 21.5 Å². The molecule has 2 aromatic heterocycles. The van der Waals surface area contributed by atoms with Gasteiger partial charge in [0.2, 0.25) is 0 Å². The number of likely N-dealkylation sites (tertiary alicyclic amines) is 1. The van der Waals surface area contributed by atoms with Gasteiger partial charge in [-0.25, -0.2) is 4.79 Å². The van der Waals surface area contributed by atoms with Gasteiger partial charge in [0.25, 0.3) is 0 Å². The maximum absolute atomic E-state index is 12.6. The molecule has 132 valence electrons. The largest absolute Gasteiger partial charge is 0.337 e. The van der Waals surface area contributed by atoms with Crippen molar-refractivity contribution < 1.29 is 4.79 Å². The molecule has 2 fully saturated rings. The lowest BCUT2D eigenvalue weighted by molar-refractivity contribution is 0.188. The number of halogens is 1. The Balaban J connectivity index is 1.35. The zero-order valence-electron chi connectivity index (χ0n) is 14.1. The number of pyridine rings is 1. The number of carbonyl (C=O) groups is 1. The van der Waals surface area contributed by atoms with Crippen LogP contribution >= 0.6 is 11.6 Å². The molecule has 1 saturated heterocycles. The van der Waals surface area contributed by atoms with Gasteiger partial charge in [-0.05, 0) is 31.4 Å². The van der Waals surface area contributed by atoms with Crippen molar-refractivity contribution in [3.8, 4) is 0 Å². The first-order valence-corrected chi connectivity index (χ1v) is 9.18. The Bertz CT molecular complexity index is 743. The van der Waals surface area contributed by atoms with E-state index < -0.39 is 0 Å². The zero-order chi connectivity index (χ0) is 17.3. The first kappa shape index (κ1) is 16.4. The van der Waals surface area contributed by atoms with E-state index in [9.17, 15) is 4.79 Å². The quantitative estimate of drug-likeness (QED) is 0.912. The second-order valence-electron chi connectivity index (χ2n) is 7.03. The van der Waals surface area contributed by atoms with Crippen LogP contribution < -0.4 is 5.32 Å². The van der Waals surface area contributed by atoms with Crippen LogP contribution in [0.15, 0.2) is 36.8 Å². The molecule has 7 heteroatoms. The van der Waals surface area contributed by atoms with Gasteiger partial charge in [0, 0.05) is 43.1 Å². The highest BCUT2D eigenvalue weighted by Gasteiger charge is 2.40. The van der Waals surface area contributed by atoms with E-state index in [1.807, 2.05) is 34.1 Å². The Morgan fingerprint density at radius 3 is 2.92 bits per heavy atom. The first-order chi connectivity index (χ1) is 12.2. The van der Waals surface area contributed by atoms with Crippen LogP contribution in [0.1, 0.15) is 37.4 Å². The second kappa shape index (κ2) is 6.67. The van der Waals surface area contributed by atoms with E-state index in [1.54, 1.807) is 6.20 Å². The second-order valence-corrected chi connectivity index (χ2v) is 7.47. The predicted molar refractivity (Wildman–Crippen MR) is 95.6 cm³/mol. The number of nitrogens with one attached hydrogen (secondary N) is 1. The normalized spacial score (nSPS) is 21.8. The minimum Gasteiger partial charge on any atom is -0.337 e. The fourth-order valence-corrected chi connectivity index (χ4v) is 3.96. The van der Waals surface area contributed by atoms with Crippen molar-refractivity contribution in [3.63, 3.8) is 0 Å². The summed E-state index contributed by atoms with van der Waals surface area (Å²) in [5.41, 5.74) is 1.10. The van der Waals surface area contributed by atoms with Gasteiger partial charge in [0.1, 0.15) is 0 Å². The van der Waals surface area contributed by atoms with Crippen LogP contribution in [0.5, 0.6) is 0 Å². The van der Waals surface area contributed by atoms with Crippen LogP contribution in [0.2, 0.25) is 5.02 Å². The molecular formula is C18H22ClN5O. The number of rotatable bonds is 4. The molecule has 1 unspecified atom stereocenters. The van der Waals surface area contributed by atoms with E-state index in [0.717, 1.165) is 31.5 Å². The van der Waals surface area contributed by atoms with Crippen molar-refractivity contribution >= 4 is 17.6 Å². The highest BCUT2D eigenvalue weighted by atomic mass is 35.5. The van der Waals surface area contributed by atoms with Crippen LogP contribution in [-0.2, 0) is 5.41 Å². The molecule has 0 spiro atoms. The number of nitrogens with zero attached hydrogens (tertiary/aromatic N) is 4. The summed E-state index contributed by atoms with van der Waals surface area (Å²) in [5, 5.41) is 8.02. The third kappa shape index (κ3) is 3.23. The van der Waals surface area contributed by atoms with E-state index >= 15 is 0 Å². The lowest BCUT2D eigenvalue weighted by Gasteiger charge is -2.41. The summed E-state index contributed by atoms with van der Waals surface area (Å²) in [7, 11) is 0. The third-order valence-electron chi connectivity index (χ3n) is 5.49. The number of urea groups is 1. The molecular weight excluding hydrogens is 338 g/mol.